The Morgan fingerprint density at radius 3 is 2.65 bits per heavy atom. The van der Waals surface area contributed by atoms with Crippen LogP contribution >= 0.6 is 15.9 Å². The summed E-state index contributed by atoms with van der Waals surface area (Å²) in [5.41, 5.74) is -1.83. The molecule has 1 aliphatic rings. The van der Waals surface area contributed by atoms with Crippen molar-refractivity contribution in [3.05, 3.63) is 39.4 Å². The van der Waals surface area contributed by atoms with Crippen molar-refractivity contribution >= 4 is 27.5 Å². The Balaban J connectivity index is 2.29. The van der Waals surface area contributed by atoms with Gasteiger partial charge in [-0.1, -0.05) is 22.4 Å². The monoisotopic (exact) mass is 348 g/mol. The van der Waals surface area contributed by atoms with E-state index >= 15 is 0 Å². The number of hydrogen-bond donors (Lipinski definition) is 1. The fourth-order valence-corrected chi connectivity index (χ4v) is 2.93. The molecular formula is C12H11BrF2N2O3. The molecule has 5 nitrogen and oxygen atoms in total. The number of amides is 1. The van der Waals surface area contributed by atoms with Gasteiger partial charge in [0.05, 0.1) is 4.92 Å². The van der Waals surface area contributed by atoms with Gasteiger partial charge in [-0.05, 0) is 18.9 Å². The van der Waals surface area contributed by atoms with E-state index in [2.05, 4.69) is 21.2 Å². The highest BCUT2D eigenvalue weighted by atomic mass is 79.9. The molecule has 0 saturated heterocycles. The van der Waals surface area contributed by atoms with Gasteiger partial charge >= 0.3 is 5.69 Å². The van der Waals surface area contributed by atoms with Gasteiger partial charge in [0.1, 0.15) is 11.4 Å². The molecule has 0 aromatic heterocycles. The first kappa shape index (κ1) is 14.8. The van der Waals surface area contributed by atoms with Crippen LogP contribution in [0.25, 0.3) is 0 Å². The molecule has 0 bridgehead atoms. The number of alkyl halides is 1. The maximum atomic E-state index is 13.9. The molecule has 1 saturated carbocycles. The summed E-state index contributed by atoms with van der Waals surface area (Å²) in [6.07, 6.45) is 2.44. The van der Waals surface area contributed by atoms with E-state index in [1.165, 1.54) is 0 Å². The predicted octanol–water partition coefficient (Wildman–Crippen LogP) is 2.92. The van der Waals surface area contributed by atoms with Gasteiger partial charge in [0.25, 0.3) is 5.91 Å². The molecule has 1 fully saturated rings. The van der Waals surface area contributed by atoms with Gasteiger partial charge in [0, 0.05) is 16.9 Å². The minimum absolute atomic E-state index is 0.0382. The van der Waals surface area contributed by atoms with Crippen LogP contribution < -0.4 is 5.32 Å². The lowest BCUT2D eigenvalue weighted by Crippen LogP contribution is -2.38. The van der Waals surface area contributed by atoms with Crippen molar-refractivity contribution < 1.29 is 18.5 Å². The second kappa shape index (κ2) is 5.82. The highest BCUT2D eigenvalue weighted by Crippen LogP contribution is 2.27. The van der Waals surface area contributed by atoms with Gasteiger partial charge in [0.2, 0.25) is 5.82 Å². The van der Waals surface area contributed by atoms with E-state index in [-0.39, 0.29) is 10.9 Å². The van der Waals surface area contributed by atoms with Crippen LogP contribution in [0.1, 0.15) is 29.6 Å². The number of carbonyl (C=O) groups is 1. The van der Waals surface area contributed by atoms with Gasteiger partial charge in [-0.3, -0.25) is 14.9 Å². The zero-order chi connectivity index (χ0) is 14.9. The molecule has 20 heavy (non-hydrogen) atoms. The van der Waals surface area contributed by atoms with Crippen LogP contribution in [-0.4, -0.2) is 21.7 Å². The van der Waals surface area contributed by atoms with Gasteiger partial charge in [-0.2, -0.15) is 4.39 Å². The first-order valence-electron chi connectivity index (χ1n) is 5.99. The standard InChI is InChI=1S/C12H11BrF2N2O3/c13-6-2-1-3-8(6)16-12(18)10-7(14)4-5-9(11(10)15)17(19)20/h4-6,8H,1-3H2,(H,16,18). The minimum Gasteiger partial charge on any atom is -0.348 e. The average Bonchev–Trinajstić information content (AvgIpc) is 2.74. The lowest BCUT2D eigenvalue weighted by atomic mass is 10.1. The summed E-state index contributed by atoms with van der Waals surface area (Å²) in [6, 6.07) is 1.18. The van der Waals surface area contributed by atoms with Crippen LogP contribution in [0.3, 0.4) is 0 Å². The Labute approximate surface area is 121 Å². The zero-order valence-corrected chi connectivity index (χ0v) is 11.8. The van der Waals surface area contributed by atoms with Crippen molar-refractivity contribution in [1.82, 2.24) is 5.32 Å². The summed E-state index contributed by atoms with van der Waals surface area (Å²) in [7, 11) is 0. The van der Waals surface area contributed by atoms with Crippen molar-refractivity contribution in [3.63, 3.8) is 0 Å². The highest BCUT2D eigenvalue weighted by Gasteiger charge is 2.31. The number of nitro groups is 1. The number of rotatable bonds is 3. The summed E-state index contributed by atoms with van der Waals surface area (Å²) in [6.45, 7) is 0. The Morgan fingerprint density at radius 1 is 1.40 bits per heavy atom. The normalized spacial score (nSPS) is 21.8. The Kier molecular flexibility index (Phi) is 4.32. The number of benzene rings is 1. The molecule has 1 aromatic rings. The molecule has 0 aliphatic heterocycles. The van der Waals surface area contributed by atoms with Crippen molar-refractivity contribution in [1.29, 1.82) is 0 Å². The Morgan fingerprint density at radius 2 is 2.10 bits per heavy atom. The second-order valence-corrected chi connectivity index (χ2v) is 5.72. The maximum absolute atomic E-state index is 13.9. The molecule has 2 unspecified atom stereocenters. The average molecular weight is 349 g/mol. The summed E-state index contributed by atoms with van der Waals surface area (Å²) in [4.78, 5) is 21.6. The molecular weight excluding hydrogens is 338 g/mol. The molecule has 0 spiro atoms. The number of carbonyl (C=O) groups excluding carboxylic acids is 1. The van der Waals surface area contributed by atoms with E-state index in [1.54, 1.807) is 0 Å². The van der Waals surface area contributed by atoms with E-state index in [1.807, 2.05) is 0 Å². The molecule has 1 aliphatic carbocycles. The quantitative estimate of drug-likeness (QED) is 0.518. The van der Waals surface area contributed by atoms with E-state index in [0.29, 0.717) is 12.5 Å². The zero-order valence-electron chi connectivity index (χ0n) is 10.2. The van der Waals surface area contributed by atoms with Crippen LogP contribution in [0.5, 0.6) is 0 Å². The van der Waals surface area contributed by atoms with Crippen LogP contribution in [-0.2, 0) is 0 Å². The van der Waals surface area contributed by atoms with E-state index in [9.17, 15) is 23.7 Å². The number of halogens is 3. The maximum Gasteiger partial charge on any atom is 0.305 e. The third-order valence-electron chi connectivity index (χ3n) is 3.24. The topological polar surface area (TPSA) is 72.2 Å². The van der Waals surface area contributed by atoms with E-state index < -0.39 is 33.7 Å². The lowest BCUT2D eigenvalue weighted by Gasteiger charge is -2.16. The molecule has 0 radical (unpaired) electrons. The molecule has 2 atom stereocenters. The van der Waals surface area contributed by atoms with Crippen LogP contribution in [0.4, 0.5) is 14.5 Å². The van der Waals surface area contributed by atoms with Gasteiger partial charge in [-0.15, -0.1) is 0 Å². The largest absolute Gasteiger partial charge is 0.348 e. The predicted molar refractivity (Wildman–Crippen MR) is 70.8 cm³/mol. The molecule has 2 rings (SSSR count). The molecule has 1 amide bonds. The minimum atomic E-state index is -1.45. The first-order valence-corrected chi connectivity index (χ1v) is 6.90. The lowest BCUT2D eigenvalue weighted by molar-refractivity contribution is -0.387. The van der Waals surface area contributed by atoms with Crippen LogP contribution in [0.2, 0.25) is 0 Å². The van der Waals surface area contributed by atoms with E-state index in [4.69, 9.17) is 0 Å². The number of hydrogen-bond acceptors (Lipinski definition) is 3. The van der Waals surface area contributed by atoms with Crippen molar-refractivity contribution in [2.45, 2.75) is 30.1 Å². The summed E-state index contributed by atoms with van der Waals surface area (Å²) in [5.74, 6) is -3.54. The van der Waals surface area contributed by atoms with Crippen molar-refractivity contribution in [2.75, 3.05) is 0 Å². The van der Waals surface area contributed by atoms with Crippen molar-refractivity contribution in [2.24, 2.45) is 0 Å². The van der Waals surface area contributed by atoms with Crippen molar-refractivity contribution in [3.8, 4) is 0 Å². The smallest absolute Gasteiger partial charge is 0.305 e. The Bertz CT molecular complexity index is 568. The first-order chi connectivity index (χ1) is 9.41. The number of nitro benzene ring substituents is 1. The molecule has 1 N–H and O–H groups in total. The van der Waals surface area contributed by atoms with Crippen LogP contribution in [0, 0.1) is 21.7 Å². The molecule has 108 valence electrons. The summed E-state index contributed by atoms with van der Waals surface area (Å²) in [5, 5.41) is 13.1. The summed E-state index contributed by atoms with van der Waals surface area (Å²) >= 11 is 3.37. The van der Waals surface area contributed by atoms with Crippen LogP contribution in [0.15, 0.2) is 12.1 Å². The fourth-order valence-electron chi connectivity index (χ4n) is 2.21. The number of nitrogens with one attached hydrogen (secondary N) is 1. The third-order valence-corrected chi connectivity index (χ3v) is 4.34. The van der Waals surface area contributed by atoms with Gasteiger partial charge < -0.3 is 5.32 Å². The number of nitrogens with zero attached hydrogens (tertiary/aromatic N) is 1. The summed E-state index contributed by atoms with van der Waals surface area (Å²) < 4.78 is 27.4. The third kappa shape index (κ3) is 2.79. The fraction of sp³-hybridized carbons (Fsp3) is 0.417. The highest BCUT2D eigenvalue weighted by molar-refractivity contribution is 9.09. The Hall–Kier alpha value is -1.57. The SMILES string of the molecule is O=C(NC1CCCC1Br)c1c(F)ccc([N+](=O)[O-])c1F. The molecule has 1 aromatic carbocycles. The van der Waals surface area contributed by atoms with Gasteiger partial charge in [0.15, 0.2) is 0 Å². The molecule has 8 heteroatoms. The second-order valence-electron chi connectivity index (χ2n) is 4.54. The molecule has 0 heterocycles. The van der Waals surface area contributed by atoms with E-state index in [0.717, 1.165) is 18.9 Å². The van der Waals surface area contributed by atoms with Gasteiger partial charge in [-0.25, -0.2) is 4.39 Å².